The van der Waals surface area contributed by atoms with Gasteiger partial charge in [-0.25, -0.2) is 13.2 Å². The zero-order valence-electron chi connectivity index (χ0n) is 11.5. The Morgan fingerprint density at radius 1 is 1.22 bits per heavy atom. The van der Waals surface area contributed by atoms with Crippen LogP contribution in [0.1, 0.15) is 5.56 Å². The average Bonchev–Trinajstić information content (AvgIpc) is 2.51. The Balaban J connectivity index is 2.02. The van der Waals surface area contributed by atoms with Crippen LogP contribution in [0, 0.1) is 17.5 Å². The number of aliphatic imine (C=N–C) groups is 1. The summed E-state index contributed by atoms with van der Waals surface area (Å²) in [6.07, 6.45) is 1.27. The molecule has 2 rings (SSSR count). The van der Waals surface area contributed by atoms with E-state index in [2.05, 4.69) is 26.2 Å². The van der Waals surface area contributed by atoms with E-state index in [0.717, 1.165) is 6.07 Å². The summed E-state index contributed by atoms with van der Waals surface area (Å²) in [7, 11) is 0. The van der Waals surface area contributed by atoms with Gasteiger partial charge in [0.1, 0.15) is 12.3 Å². The first-order valence-electron chi connectivity index (χ1n) is 6.30. The van der Waals surface area contributed by atoms with Crippen LogP contribution < -0.4 is 5.32 Å². The Morgan fingerprint density at radius 2 is 1.96 bits per heavy atom. The SMILES string of the molecule is O=C(CN=Cc1cc(Br)ccc1O)Nc1ccc(F)c(F)c1F. The molecule has 0 aliphatic heterocycles. The van der Waals surface area contributed by atoms with E-state index in [1.807, 2.05) is 0 Å². The second-order valence-corrected chi connectivity index (χ2v) is 5.36. The molecule has 1 amide bonds. The smallest absolute Gasteiger partial charge is 0.246 e. The number of carbonyl (C=O) groups is 1. The fraction of sp³-hybridized carbons (Fsp3) is 0.0667. The Hall–Kier alpha value is -2.35. The molecule has 2 aromatic rings. The van der Waals surface area contributed by atoms with Crippen molar-refractivity contribution in [3.63, 3.8) is 0 Å². The summed E-state index contributed by atoms with van der Waals surface area (Å²) in [6.45, 7) is -0.385. The van der Waals surface area contributed by atoms with Crippen LogP contribution in [0.15, 0.2) is 39.8 Å². The van der Waals surface area contributed by atoms with E-state index in [0.29, 0.717) is 16.1 Å². The van der Waals surface area contributed by atoms with Gasteiger partial charge >= 0.3 is 0 Å². The van der Waals surface area contributed by atoms with Crippen molar-refractivity contribution in [2.45, 2.75) is 0 Å². The van der Waals surface area contributed by atoms with Crippen molar-refractivity contribution in [2.24, 2.45) is 4.99 Å². The molecule has 0 unspecified atom stereocenters. The third-order valence-corrected chi connectivity index (χ3v) is 3.26. The molecule has 0 saturated carbocycles. The summed E-state index contributed by atoms with van der Waals surface area (Å²) in [5.41, 5.74) is -0.0967. The quantitative estimate of drug-likeness (QED) is 0.622. The minimum atomic E-state index is -1.66. The molecule has 0 aliphatic carbocycles. The maximum absolute atomic E-state index is 13.4. The van der Waals surface area contributed by atoms with Gasteiger partial charge < -0.3 is 10.4 Å². The lowest BCUT2D eigenvalue weighted by Gasteiger charge is -2.06. The van der Waals surface area contributed by atoms with Gasteiger partial charge in [0, 0.05) is 16.3 Å². The Kier molecular flexibility index (Phi) is 5.38. The molecule has 0 saturated heterocycles. The molecule has 0 fully saturated rings. The van der Waals surface area contributed by atoms with Crippen LogP contribution in [-0.4, -0.2) is 23.8 Å². The normalized spacial score (nSPS) is 11.0. The highest BCUT2D eigenvalue weighted by Gasteiger charge is 2.14. The maximum atomic E-state index is 13.4. The van der Waals surface area contributed by atoms with Gasteiger partial charge in [-0.05, 0) is 30.3 Å². The largest absolute Gasteiger partial charge is 0.507 e. The molecule has 8 heteroatoms. The molecular weight excluding hydrogens is 377 g/mol. The van der Waals surface area contributed by atoms with Gasteiger partial charge in [0.15, 0.2) is 17.5 Å². The molecule has 2 aromatic carbocycles. The third kappa shape index (κ3) is 4.32. The van der Waals surface area contributed by atoms with E-state index in [-0.39, 0.29) is 12.3 Å². The summed E-state index contributed by atoms with van der Waals surface area (Å²) in [4.78, 5) is 15.4. The molecular formula is C15H10BrF3N2O2. The number of phenolic OH excluding ortho intramolecular Hbond substituents is 1. The van der Waals surface area contributed by atoms with Crippen LogP contribution in [0.3, 0.4) is 0 Å². The number of rotatable bonds is 4. The lowest BCUT2D eigenvalue weighted by atomic mass is 10.2. The molecule has 0 aromatic heterocycles. The monoisotopic (exact) mass is 386 g/mol. The van der Waals surface area contributed by atoms with Crippen molar-refractivity contribution in [1.29, 1.82) is 0 Å². The van der Waals surface area contributed by atoms with E-state index in [4.69, 9.17) is 0 Å². The van der Waals surface area contributed by atoms with Crippen LogP contribution in [-0.2, 0) is 4.79 Å². The molecule has 23 heavy (non-hydrogen) atoms. The predicted molar refractivity (Wildman–Crippen MR) is 83.2 cm³/mol. The highest BCUT2D eigenvalue weighted by atomic mass is 79.9. The second kappa shape index (κ2) is 7.28. The van der Waals surface area contributed by atoms with Crippen LogP contribution in [0.25, 0.3) is 0 Å². The van der Waals surface area contributed by atoms with E-state index >= 15 is 0 Å². The summed E-state index contributed by atoms with van der Waals surface area (Å²) in [5.74, 6) is -5.23. The van der Waals surface area contributed by atoms with Crippen molar-refractivity contribution in [3.05, 3.63) is 57.8 Å². The van der Waals surface area contributed by atoms with Gasteiger partial charge in [0.25, 0.3) is 0 Å². The number of nitrogens with zero attached hydrogens (tertiary/aromatic N) is 1. The lowest BCUT2D eigenvalue weighted by molar-refractivity contribution is -0.114. The van der Waals surface area contributed by atoms with Gasteiger partial charge in [-0.2, -0.15) is 0 Å². The predicted octanol–water partition coefficient (Wildman–Crippen LogP) is 3.63. The molecule has 4 nitrogen and oxygen atoms in total. The Bertz CT molecular complexity index is 782. The highest BCUT2D eigenvalue weighted by molar-refractivity contribution is 9.10. The van der Waals surface area contributed by atoms with Crippen LogP contribution >= 0.6 is 15.9 Å². The van der Waals surface area contributed by atoms with E-state index < -0.39 is 29.0 Å². The molecule has 0 bridgehead atoms. The average molecular weight is 387 g/mol. The Labute approximate surface area is 137 Å². The first kappa shape index (κ1) is 17.0. The zero-order valence-corrected chi connectivity index (χ0v) is 13.1. The Morgan fingerprint density at radius 3 is 2.70 bits per heavy atom. The topological polar surface area (TPSA) is 61.7 Å². The standard InChI is InChI=1S/C15H10BrF3N2O2/c16-9-1-4-12(22)8(5-9)6-20-7-13(23)21-11-3-2-10(17)14(18)15(11)19/h1-6,22H,7H2,(H,21,23). The van der Waals surface area contributed by atoms with Crippen molar-refractivity contribution in [3.8, 4) is 5.75 Å². The molecule has 0 aliphatic rings. The molecule has 0 spiro atoms. The number of carbonyl (C=O) groups excluding carboxylic acids is 1. The van der Waals surface area contributed by atoms with Gasteiger partial charge in [0.05, 0.1) is 5.69 Å². The van der Waals surface area contributed by atoms with Crippen molar-refractivity contribution in [1.82, 2.24) is 0 Å². The number of aromatic hydroxyl groups is 1. The second-order valence-electron chi connectivity index (χ2n) is 4.44. The summed E-state index contributed by atoms with van der Waals surface area (Å²) >= 11 is 3.22. The molecule has 0 heterocycles. The number of hydrogen-bond acceptors (Lipinski definition) is 3. The number of nitrogens with one attached hydrogen (secondary N) is 1. The fourth-order valence-corrected chi connectivity index (χ4v) is 2.05. The number of halogens is 4. The minimum Gasteiger partial charge on any atom is -0.507 e. The van der Waals surface area contributed by atoms with Gasteiger partial charge in [-0.3, -0.25) is 9.79 Å². The number of benzene rings is 2. The van der Waals surface area contributed by atoms with E-state index in [1.165, 1.54) is 12.3 Å². The highest BCUT2D eigenvalue weighted by Crippen LogP contribution is 2.21. The number of phenols is 1. The van der Waals surface area contributed by atoms with E-state index in [9.17, 15) is 23.1 Å². The van der Waals surface area contributed by atoms with Crippen molar-refractivity contribution >= 4 is 33.7 Å². The van der Waals surface area contributed by atoms with Crippen LogP contribution in [0.2, 0.25) is 0 Å². The zero-order chi connectivity index (χ0) is 17.0. The summed E-state index contributed by atoms with van der Waals surface area (Å²) in [5, 5.41) is 11.7. The summed E-state index contributed by atoms with van der Waals surface area (Å²) in [6, 6.07) is 6.28. The molecule has 120 valence electrons. The molecule has 0 atom stereocenters. The third-order valence-electron chi connectivity index (χ3n) is 2.76. The molecule has 2 N–H and O–H groups in total. The van der Waals surface area contributed by atoms with E-state index in [1.54, 1.807) is 12.1 Å². The first-order chi connectivity index (χ1) is 10.9. The first-order valence-corrected chi connectivity index (χ1v) is 7.09. The van der Waals surface area contributed by atoms with Gasteiger partial charge in [-0.1, -0.05) is 15.9 Å². The minimum absolute atomic E-state index is 0.0241. The lowest BCUT2D eigenvalue weighted by Crippen LogP contribution is -2.16. The fourth-order valence-electron chi connectivity index (χ4n) is 1.67. The van der Waals surface area contributed by atoms with Crippen LogP contribution in [0.5, 0.6) is 5.75 Å². The van der Waals surface area contributed by atoms with Crippen LogP contribution in [0.4, 0.5) is 18.9 Å². The summed E-state index contributed by atoms with van der Waals surface area (Å²) < 4.78 is 39.9. The molecule has 0 radical (unpaired) electrons. The van der Waals surface area contributed by atoms with Gasteiger partial charge in [0.2, 0.25) is 5.91 Å². The number of hydrogen-bond donors (Lipinski definition) is 2. The van der Waals surface area contributed by atoms with Gasteiger partial charge in [-0.15, -0.1) is 0 Å². The number of anilines is 1. The number of amides is 1. The van der Waals surface area contributed by atoms with Crippen molar-refractivity contribution < 1.29 is 23.1 Å². The maximum Gasteiger partial charge on any atom is 0.246 e. The van der Waals surface area contributed by atoms with Crippen molar-refractivity contribution in [2.75, 3.05) is 11.9 Å².